The molecule has 1 N–H and O–H groups in total. The lowest BCUT2D eigenvalue weighted by molar-refractivity contribution is -0.156. The van der Waals surface area contributed by atoms with Gasteiger partial charge >= 0.3 is 5.97 Å². The third-order valence-corrected chi connectivity index (χ3v) is 4.67. The fraction of sp³-hybridized carbons (Fsp3) is 0.550. The number of benzene rings is 1. The summed E-state index contributed by atoms with van der Waals surface area (Å²) in [5.41, 5.74) is 3.03. The van der Waals surface area contributed by atoms with E-state index in [9.17, 15) is 9.18 Å². The van der Waals surface area contributed by atoms with E-state index in [4.69, 9.17) is 4.74 Å². The molecule has 0 radical (unpaired) electrons. The minimum absolute atomic E-state index is 0.105. The van der Waals surface area contributed by atoms with Crippen molar-refractivity contribution < 1.29 is 13.9 Å². The number of carbonyl (C=O) groups excluding carboxylic acids is 1. The predicted octanol–water partition coefficient (Wildman–Crippen LogP) is 4.92. The first kappa shape index (κ1) is 17.0. The monoisotopic (exact) mass is 331 g/mol. The Kier molecular flexibility index (Phi) is 4.66. The molecule has 1 unspecified atom stereocenters. The van der Waals surface area contributed by atoms with Gasteiger partial charge in [0, 0.05) is 23.0 Å². The Morgan fingerprint density at radius 2 is 2.08 bits per heavy atom. The maximum absolute atomic E-state index is 13.5. The molecule has 0 saturated carbocycles. The van der Waals surface area contributed by atoms with E-state index in [0.29, 0.717) is 12.3 Å². The molecular formula is C20H26FNO2. The maximum atomic E-state index is 13.5. The number of nitrogens with one attached hydrogen (secondary N) is 1. The van der Waals surface area contributed by atoms with Crippen molar-refractivity contribution in [2.24, 2.45) is 5.92 Å². The number of carbonyl (C=O) groups is 1. The fourth-order valence-electron chi connectivity index (χ4n) is 3.66. The number of hydrogen-bond donors (Lipinski definition) is 1. The molecular weight excluding hydrogens is 305 g/mol. The highest BCUT2D eigenvalue weighted by Crippen LogP contribution is 2.31. The predicted molar refractivity (Wildman–Crippen MR) is 93.5 cm³/mol. The standard InChI is InChI=1S/C20H26FNO2/c1-20(2,3)24-19(23)11-13-5-4-6-15-16-12-14(21)8-10-18(16)22-17(15)9-7-13/h8,10,12-13,22H,4-7,9,11H2,1-3H3. The average Bonchev–Trinajstić information content (AvgIpc) is 2.77. The summed E-state index contributed by atoms with van der Waals surface area (Å²) in [5.74, 6) is 0.0670. The van der Waals surface area contributed by atoms with Crippen LogP contribution in [0.2, 0.25) is 0 Å². The van der Waals surface area contributed by atoms with Crippen LogP contribution in [-0.4, -0.2) is 16.6 Å². The largest absolute Gasteiger partial charge is 0.460 e. The number of esters is 1. The van der Waals surface area contributed by atoms with Crippen molar-refractivity contribution in [3.8, 4) is 0 Å². The Bertz CT molecular complexity index is 742. The number of aryl methyl sites for hydroxylation is 2. The number of aromatic amines is 1. The van der Waals surface area contributed by atoms with Crippen LogP contribution >= 0.6 is 0 Å². The number of rotatable bonds is 2. The van der Waals surface area contributed by atoms with E-state index in [2.05, 4.69) is 4.98 Å². The molecule has 2 aromatic rings. The van der Waals surface area contributed by atoms with Crippen LogP contribution in [0.3, 0.4) is 0 Å². The van der Waals surface area contributed by atoms with Crippen molar-refractivity contribution in [2.75, 3.05) is 0 Å². The molecule has 3 nitrogen and oxygen atoms in total. The molecule has 0 spiro atoms. The fourth-order valence-corrected chi connectivity index (χ4v) is 3.66. The highest BCUT2D eigenvalue weighted by atomic mass is 19.1. The lowest BCUT2D eigenvalue weighted by Crippen LogP contribution is -2.25. The summed E-state index contributed by atoms with van der Waals surface area (Å²) < 4.78 is 19.0. The normalized spacial score (nSPS) is 18.8. The van der Waals surface area contributed by atoms with Gasteiger partial charge in [-0.1, -0.05) is 0 Å². The Balaban J connectivity index is 1.71. The van der Waals surface area contributed by atoms with Crippen LogP contribution in [0.4, 0.5) is 4.39 Å². The second kappa shape index (κ2) is 6.58. The lowest BCUT2D eigenvalue weighted by Gasteiger charge is -2.23. The molecule has 0 saturated heterocycles. The minimum Gasteiger partial charge on any atom is -0.460 e. The molecule has 0 bridgehead atoms. The molecule has 1 heterocycles. The first-order valence-corrected chi connectivity index (χ1v) is 8.82. The van der Waals surface area contributed by atoms with Gasteiger partial charge in [-0.15, -0.1) is 0 Å². The smallest absolute Gasteiger partial charge is 0.306 e. The summed E-state index contributed by atoms with van der Waals surface area (Å²) in [6.45, 7) is 5.71. The number of fused-ring (bicyclic) bond motifs is 3. The van der Waals surface area contributed by atoms with Gasteiger partial charge in [-0.05, 0) is 82.6 Å². The average molecular weight is 331 g/mol. The molecule has 130 valence electrons. The molecule has 0 aliphatic heterocycles. The van der Waals surface area contributed by atoms with Crippen LogP contribution in [0.1, 0.15) is 57.7 Å². The molecule has 3 rings (SSSR count). The number of H-pyrrole nitrogens is 1. The van der Waals surface area contributed by atoms with Crippen molar-refractivity contribution in [2.45, 2.75) is 64.9 Å². The highest BCUT2D eigenvalue weighted by Gasteiger charge is 2.23. The zero-order valence-corrected chi connectivity index (χ0v) is 14.7. The Hall–Kier alpha value is -1.84. The molecule has 0 amide bonds. The Morgan fingerprint density at radius 1 is 1.29 bits per heavy atom. The molecule has 1 aliphatic rings. The lowest BCUT2D eigenvalue weighted by atomic mass is 9.87. The second-order valence-electron chi connectivity index (χ2n) is 7.86. The summed E-state index contributed by atoms with van der Waals surface area (Å²) in [5, 5.41) is 1.01. The van der Waals surface area contributed by atoms with Gasteiger partial charge in [0.05, 0.1) is 0 Å². The van der Waals surface area contributed by atoms with Crippen LogP contribution in [0.25, 0.3) is 10.9 Å². The van der Waals surface area contributed by atoms with Crippen molar-refractivity contribution >= 4 is 16.9 Å². The van der Waals surface area contributed by atoms with Crippen LogP contribution < -0.4 is 0 Å². The number of aromatic nitrogens is 1. The van der Waals surface area contributed by atoms with Crippen LogP contribution in [0.5, 0.6) is 0 Å². The first-order valence-electron chi connectivity index (χ1n) is 8.82. The third-order valence-electron chi connectivity index (χ3n) is 4.67. The van der Waals surface area contributed by atoms with Gasteiger partial charge in [0.15, 0.2) is 0 Å². The Morgan fingerprint density at radius 3 is 2.83 bits per heavy atom. The van der Waals surface area contributed by atoms with Crippen LogP contribution in [-0.2, 0) is 22.4 Å². The molecule has 1 aliphatic carbocycles. The van der Waals surface area contributed by atoms with Crippen molar-refractivity contribution in [1.82, 2.24) is 4.98 Å². The van der Waals surface area contributed by atoms with Gasteiger partial charge < -0.3 is 9.72 Å². The zero-order valence-electron chi connectivity index (χ0n) is 14.7. The molecule has 1 aromatic heterocycles. The summed E-state index contributed by atoms with van der Waals surface area (Å²) in [7, 11) is 0. The van der Waals surface area contributed by atoms with Gasteiger partial charge in [0.2, 0.25) is 0 Å². The number of hydrogen-bond acceptors (Lipinski definition) is 2. The minimum atomic E-state index is -0.423. The Labute approximate surface area is 142 Å². The van der Waals surface area contributed by atoms with E-state index in [-0.39, 0.29) is 11.8 Å². The first-order chi connectivity index (χ1) is 11.3. The van der Waals surface area contributed by atoms with Crippen LogP contribution in [0, 0.1) is 11.7 Å². The van der Waals surface area contributed by atoms with Crippen molar-refractivity contribution in [3.05, 3.63) is 35.3 Å². The molecule has 1 aromatic carbocycles. The van der Waals surface area contributed by atoms with Gasteiger partial charge in [-0.2, -0.15) is 0 Å². The third kappa shape index (κ3) is 3.97. The zero-order chi connectivity index (χ0) is 17.3. The number of ether oxygens (including phenoxy) is 1. The van der Waals surface area contributed by atoms with Gasteiger partial charge in [-0.25, -0.2) is 4.39 Å². The molecule has 1 atom stereocenters. The SMILES string of the molecule is CC(C)(C)OC(=O)CC1CCCc2c([nH]c3ccc(F)cc23)CC1. The van der Waals surface area contributed by atoms with E-state index in [1.54, 1.807) is 6.07 Å². The van der Waals surface area contributed by atoms with Crippen molar-refractivity contribution in [3.63, 3.8) is 0 Å². The van der Waals surface area contributed by atoms with Crippen molar-refractivity contribution in [1.29, 1.82) is 0 Å². The van der Waals surface area contributed by atoms with Crippen LogP contribution in [0.15, 0.2) is 18.2 Å². The van der Waals surface area contributed by atoms with E-state index < -0.39 is 5.60 Å². The summed E-state index contributed by atoms with van der Waals surface area (Å²) in [4.78, 5) is 15.5. The summed E-state index contributed by atoms with van der Waals surface area (Å²) in [6.07, 6.45) is 5.32. The van der Waals surface area contributed by atoms with Gasteiger partial charge in [-0.3, -0.25) is 4.79 Å². The topological polar surface area (TPSA) is 42.1 Å². The summed E-state index contributed by atoms with van der Waals surface area (Å²) >= 11 is 0. The molecule has 24 heavy (non-hydrogen) atoms. The molecule has 0 fully saturated rings. The van der Waals surface area contributed by atoms with Gasteiger partial charge in [0.25, 0.3) is 0 Å². The summed E-state index contributed by atoms with van der Waals surface area (Å²) in [6, 6.07) is 4.94. The van der Waals surface area contributed by atoms with Gasteiger partial charge in [0.1, 0.15) is 11.4 Å². The van der Waals surface area contributed by atoms with E-state index in [1.807, 2.05) is 26.8 Å². The van der Waals surface area contributed by atoms with E-state index in [0.717, 1.165) is 43.0 Å². The molecule has 4 heteroatoms. The quantitative estimate of drug-likeness (QED) is 0.793. The van der Waals surface area contributed by atoms with E-state index in [1.165, 1.54) is 17.3 Å². The maximum Gasteiger partial charge on any atom is 0.306 e. The second-order valence-corrected chi connectivity index (χ2v) is 7.86. The number of halogens is 1. The van der Waals surface area contributed by atoms with E-state index >= 15 is 0 Å². The highest BCUT2D eigenvalue weighted by molar-refractivity contribution is 5.84.